The van der Waals surface area contributed by atoms with Crippen molar-refractivity contribution >= 4 is 16.1 Å². The van der Waals surface area contributed by atoms with E-state index in [1.165, 1.54) is 11.1 Å². The molecule has 1 saturated heterocycles. The number of ether oxygens (including phenoxy) is 1. The van der Waals surface area contributed by atoms with Gasteiger partial charge in [-0.15, -0.1) is 0 Å². The lowest BCUT2D eigenvalue weighted by molar-refractivity contribution is 0.144. The van der Waals surface area contributed by atoms with Crippen LogP contribution in [-0.4, -0.2) is 52.2 Å². The van der Waals surface area contributed by atoms with E-state index in [0.717, 1.165) is 4.09 Å². The van der Waals surface area contributed by atoms with Gasteiger partial charge < -0.3 is 9.84 Å². The molecule has 1 aromatic heterocycles. The third kappa shape index (κ3) is 1.98. The van der Waals surface area contributed by atoms with E-state index in [1.807, 2.05) is 0 Å². The van der Waals surface area contributed by atoms with Crippen LogP contribution in [0.3, 0.4) is 0 Å². The van der Waals surface area contributed by atoms with Crippen LogP contribution in [0.2, 0.25) is 0 Å². The SMILES string of the molecule is O=C(O)N1Cc2cn(S(=O)(=O)C3CCOC3)nc2C1. The first-order valence-electron chi connectivity index (χ1n) is 5.86. The molecule has 19 heavy (non-hydrogen) atoms. The van der Waals surface area contributed by atoms with Crippen molar-refractivity contribution in [1.29, 1.82) is 0 Å². The van der Waals surface area contributed by atoms with Crippen molar-refractivity contribution in [3.63, 3.8) is 0 Å². The fourth-order valence-corrected chi connectivity index (χ4v) is 3.75. The van der Waals surface area contributed by atoms with Crippen LogP contribution in [0, 0.1) is 0 Å². The van der Waals surface area contributed by atoms with E-state index in [1.54, 1.807) is 0 Å². The number of nitrogens with zero attached hydrogens (tertiary/aromatic N) is 3. The second kappa shape index (κ2) is 4.20. The molecule has 0 saturated carbocycles. The van der Waals surface area contributed by atoms with E-state index >= 15 is 0 Å². The van der Waals surface area contributed by atoms with Gasteiger partial charge in [-0.05, 0) is 6.42 Å². The number of amides is 1. The molecule has 1 N–H and O–H groups in total. The van der Waals surface area contributed by atoms with E-state index in [0.29, 0.717) is 24.3 Å². The zero-order valence-corrected chi connectivity index (χ0v) is 10.8. The Hall–Kier alpha value is -1.61. The van der Waals surface area contributed by atoms with Gasteiger partial charge in [0.25, 0.3) is 10.0 Å². The first kappa shape index (κ1) is 12.4. The van der Waals surface area contributed by atoms with Crippen LogP contribution >= 0.6 is 0 Å². The molecule has 2 aliphatic heterocycles. The molecule has 1 atom stereocenters. The third-order valence-electron chi connectivity index (χ3n) is 3.40. The van der Waals surface area contributed by atoms with Crippen LogP contribution in [0.5, 0.6) is 0 Å². The van der Waals surface area contributed by atoms with Gasteiger partial charge >= 0.3 is 6.09 Å². The van der Waals surface area contributed by atoms with Crippen LogP contribution in [0.25, 0.3) is 0 Å². The molecule has 2 aliphatic rings. The van der Waals surface area contributed by atoms with E-state index in [4.69, 9.17) is 9.84 Å². The monoisotopic (exact) mass is 287 g/mol. The summed E-state index contributed by atoms with van der Waals surface area (Å²) >= 11 is 0. The topological polar surface area (TPSA) is 102 Å². The smallest absolute Gasteiger partial charge is 0.407 e. The summed E-state index contributed by atoms with van der Waals surface area (Å²) < 4.78 is 30.5. The predicted molar refractivity (Wildman–Crippen MR) is 63.0 cm³/mol. The van der Waals surface area contributed by atoms with Crippen molar-refractivity contribution in [3.8, 4) is 0 Å². The predicted octanol–water partition coefficient (Wildman–Crippen LogP) is -0.156. The van der Waals surface area contributed by atoms with Crippen molar-refractivity contribution in [2.45, 2.75) is 24.8 Å². The highest BCUT2D eigenvalue weighted by Crippen LogP contribution is 2.24. The van der Waals surface area contributed by atoms with E-state index in [2.05, 4.69) is 5.10 Å². The zero-order chi connectivity index (χ0) is 13.6. The Balaban J connectivity index is 1.86. The summed E-state index contributed by atoms with van der Waals surface area (Å²) in [5.41, 5.74) is 1.15. The highest BCUT2D eigenvalue weighted by atomic mass is 32.2. The lowest BCUT2D eigenvalue weighted by atomic mass is 10.3. The first-order valence-corrected chi connectivity index (χ1v) is 7.36. The lowest BCUT2D eigenvalue weighted by Crippen LogP contribution is -2.29. The number of rotatable bonds is 2. The fourth-order valence-electron chi connectivity index (χ4n) is 2.29. The molecule has 9 heteroatoms. The summed E-state index contributed by atoms with van der Waals surface area (Å²) in [7, 11) is -3.54. The quantitative estimate of drug-likeness (QED) is 0.811. The molecule has 0 aromatic carbocycles. The number of fused-ring (bicyclic) bond motifs is 1. The second-order valence-corrected chi connectivity index (χ2v) is 6.71. The number of hydrogen-bond acceptors (Lipinski definition) is 5. The van der Waals surface area contributed by atoms with Crippen molar-refractivity contribution in [3.05, 3.63) is 17.5 Å². The minimum absolute atomic E-state index is 0.133. The normalized spacial score (nSPS) is 22.7. The second-order valence-electron chi connectivity index (χ2n) is 4.64. The standard InChI is InChI=1S/C10H13N3O5S/c14-10(15)12-3-7-4-13(11-9(7)5-12)19(16,17)8-1-2-18-6-8/h4,8H,1-3,5-6H2,(H,14,15). The molecule has 3 heterocycles. The maximum absolute atomic E-state index is 12.2. The molecule has 0 aliphatic carbocycles. The lowest BCUT2D eigenvalue weighted by Gasteiger charge is -2.12. The van der Waals surface area contributed by atoms with E-state index in [9.17, 15) is 13.2 Å². The minimum Gasteiger partial charge on any atom is -0.465 e. The summed E-state index contributed by atoms with van der Waals surface area (Å²) in [5, 5.41) is 12.3. The van der Waals surface area contributed by atoms with Crippen LogP contribution in [0.15, 0.2) is 6.20 Å². The van der Waals surface area contributed by atoms with E-state index in [-0.39, 0.29) is 19.7 Å². The molecule has 104 valence electrons. The molecule has 1 unspecified atom stereocenters. The molecule has 1 fully saturated rings. The molecule has 0 spiro atoms. The van der Waals surface area contributed by atoms with Gasteiger partial charge in [0.1, 0.15) is 5.25 Å². The van der Waals surface area contributed by atoms with Gasteiger partial charge in [0.05, 0.1) is 25.4 Å². The Kier molecular flexibility index (Phi) is 2.75. The van der Waals surface area contributed by atoms with Crippen molar-refractivity contribution < 1.29 is 23.1 Å². The zero-order valence-electron chi connectivity index (χ0n) is 10.0. The summed E-state index contributed by atoms with van der Waals surface area (Å²) in [4.78, 5) is 12.0. The molecule has 3 rings (SSSR count). The Bertz CT molecular complexity index is 594. The Labute approximate surface area is 109 Å². The number of carboxylic acid groups (broad SMARTS) is 1. The number of hydrogen-bond donors (Lipinski definition) is 1. The third-order valence-corrected chi connectivity index (χ3v) is 5.32. The van der Waals surface area contributed by atoms with E-state index < -0.39 is 21.4 Å². The molecule has 1 amide bonds. The summed E-state index contributed by atoms with van der Waals surface area (Å²) in [5.74, 6) is 0. The molecular formula is C10H13N3O5S. The van der Waals surface area contributed by atoms with Gasteiger partial charge in [0.15, 0.2) is 0 Å². The number of carbonyl (C=O) groups is 1. The largest absolute Gasteiger partial charge is 0.465 e. The van der Waals surface area contributed by atoms with Gasteiger partial charge in [-0.25, -0.2) is 13.2 Å². The first-order chi connectivity index (χ1) is 8.98. The molecule has 0 bridgehead atoms. The van der Waals surface area contributed by atoms with Crippen LogP contribution in [0.4, 0.5) is 4.79 Å². The molecule has 0 radical (unpaired) electrons. The van der Waals surface area contributed by atoms with Crippen LogP contribution < -0.4 is 0 Å². The molecule has 8 nitrogen and oxygen atoms in total. The van der Waals surface area contributed by atoms with Gasteiger partial charge in [-0.2, -0.15) is 9.19 Å². The Morgan fingerprint density at radius 1 is 1.47 bits per heavy atom. The van der Waals surface area contributed by atoms with Gasteiger partial charge in [-0.1, -0.05) is 0 Å². The minimum atomic E-state index is -3.54. The van der Waals surface area contributed by atoms with Crippen molar-refractivity contribution in [2.75, 3.05) is 13.2 Å². The van der Waals surface area contributed by atoms with Gasteiger partial charge in [0, 0.05) is 18.4 Å². The maximum atomic E-state index is 12.2. The Morgan fingerprint density at radius 3 is 2.84 bits per heavy atom. The number of aromatic nitrogens is 2. The summed E-state index contributed by atoms with van der Waals surface area (Å²) in [6.07, 6.45) is 0.844. The fraction of sp³-hybridized carbons (Fsp3) is 0.600. The average Bonchev–Trinajstić information content (AvgIpc) is 3.04. The Morgan fingerprint density at radius 2 is 2.26 bits per heavy atom. The van der Waals surface area contributed by atoms with Crippen molar-refractivity contribution in [2.24, 2.45) is 0 Å². The van der Waals surface area contributed by atoms with Crippen LogP contribution in [-0.2, 0) is 27.8 Å². The summed E-state index contributed by atoms with van der Waals surface area (Å²) in [6, 6.07) is 0. The maximum Gasteiger partial charge on any atom is 0.407 e. The van der Waals surface area contributed by atoms with Crippen molar-refractivity contribution in [1.82, 2.24) is 14.1 Å². The summed E-state index contributed by atoms with van der Waals surface area (Å²) in [6.45, 7) is 0.946. The average molecular weight is 287 g/mol. The van der Waals surface area contributed by atoms with Gasteiger partial charge in [0.2, 0.25) is 0 Å². The highest BCUT2D eigenvalue weighted by Gasteiger charge is 2.34. The van der Waals surface area contributed by atoms with Crippen LogP contribution in [0.1, 0.15) is 17.7 Å². The molecule has 1 aromatic rings. The molecular weight excluding hydrogens is 274 g/mol. The highest BCUT2D eigenvalue weighted by molar-refractivity contribution is 7.90. The van der Waals surface area contributed by atoms with Gasteiger partial charge in [-0.3, -0.25) is 4.90 Å².